The zero-order valence-electron chi connectivity index (χ0n) is 22.5. The van der Waals surface area contributed by atoms with E-state index in [9.17, 15) is 26.7 Å². The molecular formula is C28H29F5N6O2. The van der Waals surface area contributed by atoms with Gasteiger partial charge in [0.2, 0.25) is 5.92 Å². The van der Waals surface area contributed by atoms with Crippen LogP contribution in [0.4, 0.5) is 22.0 Å². The second-order valence-electron chi connectivity index (χ2n) is 11.1. The maximum atomic E-state index is 14.2. The van der Waals surface area contributed by atoms with E-state index in [4.69, 9.17) is 4.74 Å². The van der Waals surface area contributed by atoms with Crippen LogP contribution in [0.3, 0.4) is 0 Å². The Bertz CT molecular complexity index is 1650. The van der Waals surface area contributed by atoms with Crippen molar-refractivity contribution in [3.8, 4) is 5.69 Å². The van der Waals surface area contributed by atoms with Gasteiger partial charge in [0.1, 0.15) is 12.2 Å². The molecule has 0 radical (unpaired) electrons. The molecule has 0 spiro atoms. The number of imidazole rings is 1. The smallest absolute Gasteiger partial charge is 0.381 e. The molecule has 2 saturated carbocycles. The fourth-order valence-electron chi connectivity index (χ4n) is 6.24. The summed E-state index contributed by atoms with van der Waals surface area (Å²) < 4.78 is 79.1. The van der Waals surface area contributed by atoms with Gasteiger partial charge in [-0.3, -0.25) is 8.97 Å². The summed E-state index contributed by atoms with van der Waals surface area (Å²) in [5, 5.41) is 11.3. The van der Waals surface area contributed by atoms with Crippen molar-refractivity contribution < 1.29 is 26.7 Å². The van der Waals surface area contributed by atoms with E-state index in [1.54, 1.807) is 31.6 Å². The molecule has 3 aromatic heterocycles. The summed E-state index contributed by atoms with van der Waals surface area (Å²) >= 11 is 0. The number of hydrogen-bond donors (Lipinski definition) is 1. The highest BCUT2D eigenvalue weighted by Crippen LogP contribution is 2.49. The first-order valence-electron chi connectivity index (χ1n) is 13.3. The van der Waals surface area contributed by atoms with Crippen LogP contribution in [0.5, 0.6) is 0 Å². The highest BCUT2D eigenvalue weighted by molar-refractivity contribution is 5.58. The van der Waals surface area contributed by atoms with Gasteiger partial charge in [-0.1, -0.05) is 12.1 Å². The summed E-state index contributed by atoms with van der Waals surface area (Å²) in [6.45, 7) is -0.0756. The number of aryl methyl sites for hydroxylation is 1. The Morgan fingerprint density at radius 2 is 1.93 bits per heavy atom. The minimum Gasteiger partial charge on any atom is -0.381 e. The minimum atomic E-state index is -4.74. The molecule has 41 heavy (non-hydrogen) atoms. The highest BCUT2D eigenvalue weighted by Gasteiger charge is 2.50. The quantitative estimate of drug-likeness (QED) is 0.325. The van der Waals surface area contributed by atoms with Crippen LogP contribution in [0, 0.1) is 0 Å². The Hall–Kier alpha value is -3.58. The van der Waals surface area contributed by atoms with E-state index in [2.05, 4.69) is 15.5 Å². The Morgan fingerprint density at radius 1 is 1.15 bits per heavy atom. The Labute approximate surface area is 231 Å². The van der Waals surface area contributed by atoms with E-state index in [1.165, 1.54) is 17.0 Å². The second kappa shape index (κ2) is 9.76. The molecule has 4 aromatic rings. The third-order valence-corrected chi connectivity index (χ3v) is 8.43. The molecule has 1 aromatic carbocycles. The largest absolute Gasteiger partial charge is 0.418 e. The van der Waals surface area contributed by atoms with Crippen LogP contribution in [0.15, 0.2) is 53.8 Å². The van der Waals surface area contributed by atoms with Gasteiger partial charge in [-0.25, -0.2) is 13.6 Å². The molecule has 3 heterocycles. The number of aromatic nitrogens is 5. The minimum absolute atomic E-state index is 0.00647. The number of nitrogens with zero attached hydrogens (tertiary/aromatic N) is 5. The Morgan fingerprint density at radius 3 is 2.56 bits per heavy atom. The van der Waals surface area contributed by atoms with Gasteiger partial charge in [0.15, 0.2) is 0 Å². The highest BCUT2D eigenvalue weighted by atomic mass is 19.4. The number of benzene rings is 1. The number of methoxy groups -OCH3 is 1. The predicted octanol–water partition coefficient (Wildman–Crippen LogP) is 4.61. The number of halogens is 5. The Kier molecular flexibility index (Phi) is 6.57. The van der Waals surface area contributed by atoms with Crippen molar-refractivity contribution in [2.45, 2.75) is 68.3 Å². The van der Waals surface area contributed by atoms with Gasteiger partial charge < -0.3 is 14.6 Å². The molecule has 0 saturated heterocycles. The van der Waals surface area contributed by atoms with Gasteiger partial charge in [-0.15, -0.1) is 10.2 Å². The van der Waals surface area contributed by atoms with E-state index in [1.807, 2.05) is 17.7 Å². The number of nitrogens with one attached hydrogen (secondary N) is 1. The summed E-state index contributed by atoms with van der Waals surface area (Å²) in [5.41, 5.74) is -1.05. The van der Waals surface area contributed by atoms with E-state index < -0.39 is 34.8 Å². The van der Waals surface area contributed by atoms with E-state index >= 15 is 0 Å². The summed E-state index contributed by atoms with van der Waals surface area (Å²) in [6.07, 6.45) is 0.269. The third-order valence-electron chi connectivity index (χ3n) is 8.43. The van der Waals surface area contributed by atoms with E-state index in [0.29, 0.717) is 18.5 Å². The van der Waals surface area contributed by atoms with E-state index in [-0.39, 0.29) is 43.0 Å². The summed E-state index contributed by atoms with van der Waals surface area (Å²) in [5.74, 6) is -2.05. The first-order chi connectivity index (χ1) is 19.4. The Balaban J connectivity index is 1.39. The first-order valence-corrected chi connectivity index (χ1v) is 13.3. The molecule has 1 unspecified atom stereocenters. The van der Waals surface area contributed by atoms with Crippen LogP contribution in [-0.4, -0.2) is 48.9 Å². The molecule has 0 amide bonds. The van der Waals surface area contributed by atoms with Crippen LogP contribution in [-0.2, 0) is 29.9 Å². The molecule has 1 N–H and O–H groups in total. The fourth-order valence-corrected chi connectivity index (χ4v) is 6.24. The van der Waals surface area contributed by atoms with Crippen molar-refractivity contribution in [2.75, 3.05) is 7.11 Å². The van der Waals surface area contributed by atoms with E-state index in [0.717, 1.165) is 21.9 Å². The average Bonchev–Trinajstić information content (AvgIpc) is 3.58. The predicted molar refractivity (Wildman–Crippen MR) is 139 cm³/mol. The van der Waals surface area contributed by atoms with Crippen molar-refractivity contribution in [2.24, 2.45) is 7.05 Å². The molecule has 0 bridgehead atoms. The third kappa shape index (κ3) is 4.84. The van der Waals surface area contributed by atoms with Crippen molar-refractivity contribution in [3.05, 3.63) is 82.1 Å². The van der Waals surface area contributed by atoms with Gasteiger partial charge in [0.05, 0.1) is 28.3 Å². The molecule has 13 heteroatoms. The van der Waals surface area contributed by atoms with Gasteiger partial charge in [0.25, 0.3) is 0 Å². The second-order valence-corrected chi connectivity index (χ2v) is 11.1. The topological polar surface area (TPSA) is 78.4 Å². The number of pyridine rings is 1. The molecule has 6 rings (SSSR count). The van der Waals surface area contributed by atoms with Gasteiger partial charge >= 0.3 is 11.9 Å². The van der Waals surface area contributed by atoms with Crippen molar-refractivity contribution in [1.82, 2.24) is 29.0 Å². The fraction of sp³-hybridized carbons (Fsp3) is 0.464. The standard InChI is InChI=1S/C28H29F5N6O2/c1-37-16-35-36-24(37)26(11-21(12-26)41-2)18-4-3-5-20(9-18)38-15-23-22(28(31,32)33)8-17(14-39(23)25(38)40)13-34-19-6-7-27(29,30)10-19/h3-5,8-9,14-16,19,21,34H,6-7,10-13H2,1-2H3. The lowest BCUT2D eigenvalue weighted by atomic mass is 9.62. The molecule has 2 aliphatic carbocycles. The monoisotopic (exact) mass is 576 g/mol. The molecular weight excluding hydrogens is 547 g/mol. The molecule has 1 atom stereocenters. The number of alkyl halides is 5. The number of ether oxygens (including phenoxy) is 1. The number of rotatable bonds is 7. The lowest BCUT2D eigenvalue weighted by Gasteiger charge is -2.46. The number of fused-ring (bicyclic) bond motifs is 1. The number of hydrogen-bond acceptors (Lipinski definition) is 5. The summed E-state index contributed by atoms with van der Waals surface area (Å²) in [6, 6.07) is 7.58. The molecule has 0 aliphatic heterocycles. The summed E-state index contributed by atoms with van der Waals surface area (Å²) in [7, 11) is 3.48. The van der Waals surface area contributed by atoms with Crippen molar-refractivity contribution >= 4 is 5.52 Å². The molecule has 218 valence electrons. The maximum absolute atomic E-state index is 14.2. The van der Waals surface area contributed by atoms with Crippen molar-refractivity contribution in [1.29, 1.82) is 0 Å². The molecule has 2 fully saturated rings. The van der Waals surface area contributed by atoms with Crippen LogP contribution in [0.1, 0.15) is 54.6 Å². The lowest BCUT2D eigenvalue weighted by molar-refractivity contribution is -0.136. The molecule has 8 nitrogen and oxygen atoms in total. The average molecular weight is 577 g/mol. The lowest BCUT2D eigenvalue weighted by Crippen LogP contribution is -2.48. The van der Waals surface area contributed by atoms with Gasteiger partial charge in [0, 0.05) is 52.0 Å². The van der Waals surface area contributed by atoms with Gasteiger partial charge in [-0.05, 0) is 48.6 Å². The van der Waals surface area contributed by atoms with Crippen LogP contribution in [0.25, 0.3) is 11.2 Å². The van der Waals surface area contributed by atoms with Crippen molar-refractivity contribution in [3.63, 3.8) is 0 Å². The zero-order chi connectivity index (χ0) is 29.2. The molecule has 2 aliphatic rings. The SMILES string of the molecule is COC1CC(c2cccc(-n3cc4c(C(F)(F)F)cc(CNC5CCC(F)(F)C5)cn4c3=O)c2)(c2nncn2C)C1. The zero-order valence-corrected chi connectivity index (χ0v) is 22.5. The maximum Gasteiger partial charge on any atom is 0.418 e. The normalized spacial score (nSPS) is 24.2. The van der Waals surface area contributed by atoms with Crippen LogP contribution in [0.2, 0.25) is 0 Å². The van der Waals surface area contributed by atoms with Crippen LogP contribution < -0.4 is 11.0 Å². The summed E-state index contributed by atoms with van der Waals surface area (Å²) in [4.78, 5) is 13.5. The first kappa shape index (κ1) is 27.6. The van der Waals surface area contributed by atoms with Crippen LogP contribution >= 0.6 is 0 Å². The van der Waals surface area contributed by atoms with Gasteiger partial charge in [-0.2, -0.15) is 13.2 Å².